The summed E-state index contributed by atoms with van der Waals surface area (Å²) in [5.41, 5.74) is 5.95. The van der Waals surface area contributed by atoms with Gasteiger partial charge in [-0.05, 0) is 38.0 Å². The molecule has 0 saturated carbocycles. The highest BCUT2D eigenvalue weighted by Crippen LogP contribution is 2.24. The number of amides is 1. The average molecular weight is 309 g/mol. The molecule has 1 atom stereocenters. The van der Waals surface area contributed by atoms with Gasteiger partial charge in [-0.1, -0.05) is 11.6 Å². The first-order valence-electron chi connectivity index (χ1n) is 6.11. The van der Waals surface area contributed by atoms with Gasteiger partial charge in [0.05, 0.1) is 10.6 Å². The number of benzene rings is 1. The lowest BCUT2D eigenvalue weighted by atomic mass is 10.1. The fourth-order valence-electron chi connectivity index (χ4n) is 1.77. The minimum absolute atomic E-state index is 0.0495. The van der Waals surface area contributed by atoms with Gasteiger partial charge in [-0.3, -0.25) is 4.79 Å². The first-order valence-corrected chi connectivity index (χ1v) is 6.49. The van der Waals surface area contributed by atoms with Crippen molar-refractivity contribution in [1.82, 2.24) is 0 Å². The maximum atomic E-state index is 12.0. The molecular formula is C13H16ClF3N2O. The third-order valence-electron chi connectivity index (χ3n) is 2.74. The topological polar surface area (TPSA) is 55.1 Å². The van der Waals surface area contributed by atoms with E-state index in [0.717, 1.165) is 0 Å². The average Bonchev–Trinajstić information content (AvgIpc) is 2.29. The van der Waals surface area contributed by atoms with Crippen molar-refractivity contribution in [2.45, 2.75) is 38.4 Å². The maximum absolute atomic E-state index is 12.0. The second-order valence-corrected chi connectivity index (χ2v) is 5.02. The van der Waals surface area contributed by atoms with Crippen LogP contribution >= 0.6 is 11.6 Å². The molecule has 3 N–H and O–H groups in total. The van der Waals surface area contributed by atoms with E-state index in [2.05, 4.69) is 5.32 Å². The van der Waals surface area contributed by atoms with E-state index in [-0.39, 0.29) is 23.0 Å². The summed E-state index contributed by atoms with van der Waals surface area (Å²) in [5, 5.41) is 3.26. The molecule has 1 aromatic rings. The lowest BCUT2D eigenvalue weighted by Crippen LogP contribution is -2.18. The van der Waals surface area contributed by atoms with Gasteiger partial charge in [0.2, 0.25) is 5.91 Å². The van der Waals surface area contributed by atoms with Gasteiger partial charge in [-0.25, -0.2) is 0 Å². The number of nitrogens with two attached hydrogens (primary N) is 1. The molecule has 1 aromatic carbocycles. The van der Waals surface area contributed by atoms with E-state index in [1.165, 1.54) is 12.1 Å². The summed E-state index contributed by atoms with van der Waals surface area (Å²) < 4.78 is 36.1. The van der Waals surface area contributed by atoms with E-state index in [9.17, 15) is 18.0 Å². The Morgan fingerprint density at radius 2 is 2.10 bits per heavy atom. The number of primary amides is 1. The van der Waals surface area contributed by atoms with Crippen LogP contribution in [0.1, 0.15) is 36.5 Å². The highest BCUT2D eigenvalue weighted by molar-refractivity contribution is 6.33. The van der Waals surface area contributed by atoms with Gasteiger partial charge in [0.25, 0.3) is 0 Å². The maximum Gasteiger partial charge on any atom is 0.389 e. The normalized spacial score (nSPS) is 13.1. The summed E-state index contributed by atoms with van der Waals surface area (Å²) in [6.45, 7) is 1.77. The predicted octanol–water partition coefficient (Wildman–Crippen LogP) is 3.97. The molecular weight excluding hydrogens is 293 g/mol. The van der Waals surface area contributed by atoms with Crippen LogP contribution in [-0.4, -0.2) is 18.1 Å². The number of halogens is 4. The Morgan fingerprint density at radius 3 is 2.65 bits per heavy atom. The summed E-state index contributed by atoms with van der Waals surface area (Å²) in [7, 11) is 0. The van der Waals surface area contributed by atoms with Crippen LogP contribution in [0.15, 0.2) is 18.2 Å². The van der Waals surface area contributed by atoms with Crippen molar-refractivity contribution in [2.24, 2.45) is 5.73 Å². The highest BCUT2D eigenvalue weighted by atomic mass is 35.5. The van der Waals surface area contributed by atoms with Crippen LogP contribution in [-0.2, 0) is 0 Å². The number of nitrogens with one attached hydrogen (secondary N) is 1. The standard InChI is InChI=1S/C13H16ClF3N2O/c1-8(3-2-6-13(15,16)17)19-9-4-5-11(14)10(7-9)12(18)20/h4-5,7-8,19H,2-3,6H2,1H3,(H2,18,20). The van der Waals surface area contributed by atoms with Gasteiger partial charge < -0.3 is 11.1 Å². The monoisotopic (exact) mass is 308 g/mol. The van der Waals surface area contributed by atoms with Crippen LogP contribution in [0.5, 0.6) is 0 Å². The largest absolute Gasteiger partial charge is 0.389 e. The van der Waals surface area contributed by atoms with Gasteiger partial charge >= 0.3 is 6.18 Å². The second-order valence-electron chi connectivity index (χ2n) is 4.61. The van der Waals surface area contributed by atoms with E-state index in [1.54, 1.807) is 13.0 Å². The lowest BCUT2D eigenvalue weighted by Gasteiger charge is -2.16. The van der Waals surface area contributed by atoms with Gasteiger partial charge in [0, 0.05) is 18.2 Å². The summed E-state index contributed by atoms with van der Waals surface area (Å²) in [6, 6.07) is 4.51. The minimum atomic E-state index is -4.13. The first kappa shape index (κ1) is 16.6. The summed E-state index contributed by atoms with van der Waals surface area (Å²) in [6.07, 6.45) is -4.51. The zero-order valence-corrected chi connectivity index (χ0v) is 11.7. The molecule has 0 radical (unpaired) electrons. The SMILES string of the molecule is CC(CCCC(F)(F)F)Nc1ccc(Cl)c(C(N)=O)c1. The predicted molar refractivity (Wildman–Crippen MR) is 73.0 cm³/mol. The van der Waals surface area contributed by atoms with Crippen LogP contribution in [0.3, 0.4) is 0 Å². The quantitative estimate of drug-likeness (QED) is 0.835. The van der Waals surface area contributed by atoms with Gasteiger partial charge in [0.15, 0.2) is 0 Å². The molecule has 0 fully saturated rings. The van der Waals surface area contributed by atoms with Crippen molar-refractivity contribution in [3.05, 3.63) is 28.8 Å². The lowest BCUT2D eigenvalue weighted by molar-refractivity contribution is -0.135. The van der Waals surface area contributed by atoms with Gasteiger partial charge in [-0.15, -0.1) is 0 Å². The van der Waals surface area contributed by atoms with E-state index < -0.39 is 18.5 Å². The van der Waals surface area contributed by atoms with E-state index in [0.29, 0.717) is 12.1 Å². The third kappa shape index (κ3) is 5.69. The first-order chi connectivity index (χ1) is 9.19. The second kappa shape index (κ2) is 6.83. The Hall–Kier alpha value is -1.43. The van der Waals surface area contributed by atoms with E-state index >= 15 is 0 Å². The number of hydrogen-bond acceptors (Lipinski definition) is 2. The van der Waals surface area contributed by atoms with Crippen molar-refractivity contribution in [3.63, 3.8) is 0 Å². The Bertz CT molecular complexity index is 477. The molecule has 1 amide bonds. The zero-order valence-electron chi connectivity index (χ0n) is 10.9. The summed E-state index contributed by atoms with van der Waals surface area (Å²) >= 11 is 5.81. The van der Waals surface area contributed by atoms with Crippen LogP contribution in [0.25, 0.3) is 0 Å². The smallest absolute Gasteiger partial charge is 0.383 e. The number of alkyl halides is 3. The van der Waals surface area contributed by atoms with Crippen molar-refractivity contribution in [3.8, 4) is 0 Å². The van der Waals surface area contributed by atoms with Crippen LogP contribution in [0.4, 0.5) is 18.9 Å². The minimum Gasteiger partial charge on any atom is -0.383 e. The van der Waals surface area contributed by atoms with Gasteiger partial charge in [0.1, 0.15) is 0 Å². The van der Waals surface area contributed by atoms with Crippen molar-refractivity contribution < 1.29 is 18.0 Å². The molecule has 7 heteroatoms. The molecule has 1 unspecified atom stereocenters. The molecule has 0 saturated heterocycles. The zero-order chi connectivity index (χ0) is 15.3. The number of carbonyl (C=O) groups excluding carboxylic acids is 1. The van der Waals surface area contributed by atoms with Crippen LogP contribution in [0.2, 0.25) is 5.02 Å². The number of anilines is 1. The molecule has 0 aliphatic carbocycles. The van der Waals surface area contributed by atoms with Crippen molar-refractivity contribution in [1.29, 1.82) is 0 Å². The fourth-order valence-corrected chi connectivity index (χ4v) is 1.98. The molecule has 1 rings (SSSR count). The Balaban J connectivity index is 2.56. The molecule has 0 heterocycles. The number of hydrogen-bond donors (Lipinski definition) is 2. The molecule has 20 heavy (non-hydrogen) atoms. The van der Waals surface area contributed by atoms with Crippen molar-refractivity contribution >= 4 is 23.2 Å². The molecule has 112 valence electrons. The Labute approximate surface area is 120 Å². The molecule has 0 spiro atoms. The summed E-state index contributed by atoms with van der Waals surface area (Å²) in [5.74, 6) is -0.650. The molecule has 0 bridgehead atoms. The van der Waals surface area contributed by atoms with E-state index in [4.69, 9.17) is 17.3 Å². The van der Waals surface area contributed by atoms with Crippen LogP contribution in [0, 0.1) is 0 Å². The van der Waals surface area contributed by atoms with Crippen molar-refractivity contribution in [2.75, 3.05) is 5.32 Å². The number of carbonyl (C=O) groups is 1. The Kier molecular flexibility index (Phi) is 5.68. The fraction of sp³-hybridized carbons (Fsp3) is 0.462. The third-order valence-corrected chi connectivity index (χ3v) is 3.07. The molecule has 3 nitrogen and oxygen atoms in total. The number of rotatable bonds is 6. The molecule has 0 aliphatic rings. The van der Waals surface area contributed by atoms with E-state index in [1.807, 2.05) is 0 Å². The highest BCUT2D eigenvalue weighted by Gasteiger charge is 2.26. The van der Waals surface area contributed by atoms with Crippen LogP contribution < -0.4 is 11.1 Å². The van der Waals surface area contributed by atoms with Gasteiger partial charge in [-0.2, -0.15) is 13.2 Å². The molecule has 0 aliphatic heterocycles. The summed E-state index contributed by atoms with van der Waals surface area (Å²) in [4.78, 5) is 11.1. The Morgan fingerprint density at radius 1 is 1.45 bits per heavy atom. The molecule has 0 aromatic heterocycles.